The van der Waals surface area contributed by atoms with Crippen molar-refractivity contribution in [3.63, 3.8) is 0 Å². The summed E-state index contributed by atoms with van der Waals surface area (Å²) < 4.78 is 18.9. The third kappa shape index (κ3) is 2.98. The number of halogens is 3. The minimum atomic E-state index is -0.366. The first kappa shape index (κ1) is 13.3. The number of aliphatic hydroxyl groups is 1. The number of aromatic nitrogens is 1. The molecule has 0 amide bonds. The largest absolute Gasteiger partial charge is 0.438 e. The van der Waals surface area contributed by atoms with E-state index in [0.29, 0.717) is 20.9 Å². The third-order valence-corrected chi connectivity index (χ3v) is 3.12. The fraction of sp³-hybridized carbons (Fsp3) is 0.0833. The fourth-order valence-corrected chi connectivity index (χ4v) is 1.90. The van der Waals surface area contributed by atoms with Gasteiger partial charge in [0.1, 0.15) is 11.6 Å². The third-order valence-electron chi connectivity index (χ3n) is 2.15. The zero-order chi connectivity index (χ0) is 13.1. The van der Waals surface area contributed by atoms with Crippen molar-refractivity contribution in [3.8, 4) is 11.6 Å². The zero-order valence-electron chi connectivity index (χ0n) is 9.03. The Bertz CT molecular complexity index is 580. The van der Waals surface area contributed by atoms with Gasteiger partial charge < -0.3 is 9.84 Å². The molecule has 94 valence electrons. The van der Waals surface area contributed by atoms with Crippen molar-refractivity contribution in [2.45, 2.75) is 6.61 Å². The standard InChI is InChI=1S/C12H8BrClFNO2/c13-8-5-7(15)1-3-11(8)18-12-4-2-9(14)10(6-17)16-12/h1-5,17H,6H2. The molecule has 0 aliphatic carbocycles. The number of pyridine rings is 1. The van der Waals surface area contributed by atoms with E-state index >= 15 is 0 Å². The predicted molar refractivity (Wildman–Crippen MR) is 69.3 cm³/mol. The van der Waals surface area contributed by atoms with Crippen LogP contribution in [-0.4, -0.2) is 10.1 Å². The Morgan fingerprint density at radius 3 is 2.78 bits per heavy atom. The molecule has 0 unspecified atom stereocenters. The lowest BCUT2D eigenvalue weighted by Crippen LogP contribution is -1.95. The lowest BCUT2D eigenvalue weighted by atomic mass is 10.3. The van der Waals surface area contributed by atoms with Gasteiger partial charge in [-0.05, 0) is 40.2 Å². The Hall–Kier alpha value is -1.17. The van der Waals surface area contributed by atoms with E-state index in [1.807, 2.05) is 0 Å². The number of ether oxygens (including phenoxy) is 1. The van der Waals surface area contributed by atoms with Crippen LogP contribution in [-0.2, 0) is 6.61 Å². The van der Waals surface area contributed by atoms with Gasteiger partial charge in [0, 0.05) is 6.07 Å². The molecule has 2 aromatic rings. The van der Waals surface area contributed by atoms with Gasteiger partial charge in [0.15, 0.2) is 0 Å². The molecule has 1 heterocycles. The average molecular weight is 333 g/mol. The lowest BCUT2D eigenvalue weighted by molar-refractivity contribution is 0.275. The Morgan fingerprint density at radius 2 is 2.11 bits per heavy atom. The monoisotopic (exact) mass is 331 g/mol. The first-order valence-corrected chi connectivity index (χ1v) is 6.16. The molecule has 0 atom stereocenters. The second kappa shape index (κ2) is 5.65. The maximum absolute atomic E-state index is 12.9. The van der Waals surface area contributed by atoms with Gasteiger partial charge in [0.05, 0.1) is 21.8 Å². The first-order valence-electron chi connectivity index (χ1n) is 4.99. The van der Waals surface area contributed by atoms with E-state index in [2.05, 4.69) is 20.9 Å². The van der Waals surface area contributed by atoms with Gasteiger partial charge in [-0.25, -0.2) is 9.37 Å². The number of benzene rings is 1. The van der Waals surface area contributed by atoms with Crippen LogP contribution in [0.4, 0.5) is 4.39 Å². The van der Waals surface area contributed by atoms with Crippen LogP contribution in [0.5, 0.6) is 11.6 Å². The molecule has 6 heteroatoms. The highest BCUT2D eigenvalue weighted by Crippen LogP contribution is 2.30. The molecule has 1 aromatic carbocycles. The van der Waals surface area contributed by atoms with Crippen molar-refractivity contribution in [1.82, 2.24) is 4.98 Å². The maximum Gasteiger partial charge on any atom is 0.219 e. The molecule has 0 spiro atoms. The van der Waals surface area contributed by atoms with E-state index in [1.54, 1.807) is 12.1 Å². The molecule has 0 radical (unpaired) electrons. The highest BCUT2D eigenvalue weighted by Gasteiger charge is 2.07. The van der Waals surface area contributed by atoms with E-state index in [9.17, 15) is 4.39 Å². The number of aliphatic hydroxyl groups excluding tert-OH is 1. The fourth-order valence-electron chi connectivity index (χ4n) is 1.30. The van der Waals surface area contributed by atoms with Crippen molar-refractivity contribution in [2.75, 3.05) is 0 Å². The highest BCUT2D eigenvalue weighted by atomic mass is 79.9. The molecule has 1 aromatic heterocycles. The normalized spacial score (nSPS) is 10.4. The molecule has 18 heavy (non-hydrogen) atoms. The van der Waals surface area contributed by atoms with Gasteiger partial charge in [-0.2, -0.15) is 0 Å². The lowest BCUT2D eigenvalue weighted by Gasteiger charge is -2.08. The van der Waals surface area contributed by atoms with E-state index in [1.165, 1.54) is 18.2 Å². The molecule has 0 aliphatic rings. The first-order chi connectivity index (χ1) is 8.60. The SMILES string of the molecule is OCc1nc(Oc2ccc(F)cc2Br)ccc1Cl. The molecular weight excluding hydrogens is 324 g/mol. The quantitative estimate of drug-likeness (QED) is 0.926. The van der Waals surface area contributed by atoms with Crippen LogP contribution < -0.4 is 4.74 Å². The molecule has 0 saturated heterocycles. The number of hydrogen-bond donors (Lipinski definition) is 1. The number of rotatable bonds is 3. The van der Waals surface area contributed by atoms with Crippen LogP contribution in [0.3, 0.4) is 0 Å². The van der Waals surface area contributed by atoms with Crippen molar-refractivity contribution in [3.05, 3.63) is 51.3 Å². The smallest absolute Gasteiger partial charge is 0.219 e. The van der Waals surface area contributed by atoms with Gasteiger partial charge in [0.25, 0.3) is 0 Å². The van der Waals surface area contributed by atoms with Crippen molar-refractivity contribution >= 4 is 27.5 Å². The molecule has 0 fully saturated rings. The van der Waals surface area contributed by atoms with E-state index in [0.717, 1.165) is 0 Å². The highest BCUT2D eigenvalue weighted by molar-refractivity contribution is 9.10. The summed E-state index contributed by atoms with van der Waals surface area (Å²) in [7, 11) is 0. The van der Waals surface area contributed by atoms with Crippen LogP contribution in [0.2, 0.25) is 5.02 Å². The molecule has 0 bridgehead atoms. The average Bonchev–Trinajstić information content (AvgIpc) is 2.35. The number of nitrogens with zero attached hydrogens (tertiary/aromatic N) is 1. The molecule has 0 saturated carbocycles. The van der Waals surface area contributed by atoms with Gasteiger partial charge >= 0.3 is 0 Å². The minimum absolute atomic E-state index is 0.274. The second-order valence-corrected chi connectivity index (χ2v) is 4.67. The summed E-state index contributed by atoms with van der Waals surface area (Å²) in [6.45, 7) is -0.277. The second-order valence-electron chi connectivity index (χ2n) is 3.41. The Labute approximate surface area is 116 Å². The maximum atomic E-state index is 12.9. The van der Waals surface area contributed by atoms with Crippen molar-refractivity contribution in [2.24, 2.45) is 0 Å². The Kier molecular flexibility index (Phi) is 4.16. The topological polar surface area (TPSA) is 42.4 Å². The summed E-state index contributed by atoms with van der Waals surface area (Å²) in [6, 6.07) is 7.19. The Morgan fingerprint density at radius 1 is 1.33 bits per heavy atom. The molecule has 1 N–H and O–H groups in total. The van der Waals surface area contributed by atoms with Crippen LogP contribution in [0, 0.1) is 5.82 Å². The van der Waals surface area contributed by atoms with Crippen LogP contribution in [0.1, 0.15) is 5.69 Å². The van der Waals surface area contributed by atoms with Crippen molar-refractivity contribution < 1.29 is 14.2 Å². The van der Waals surface area contributed by atoms with E-state index in [-0.39, 0.29) is 18.3 Å². The summed E-state index contributed by atoms with van der Waals surface area (Å²) in [6.07, 6.45) is 0. The van der Waals surface area contributed by atoms with Crippen LogP contribution in [0.15, 0.2) is 34.8 Å². The van der Waals surface area contributed by atoms with Gasteiger partial charge in [0.2, 0.25) is 5.88 Å². The molecule has 2 rings (SSSR count). The molecule has 0 aliphatic heterocycles. The summed E-state index contributed by atoms with van der Waals surface area (Å²) in [5, 5.41) is 9.40. The van der Waals surface area contributed by atoms with Crippen LogP contribution >= 0.6 is 27.5 Å². The summed E-state index contributed by atoms with van der Waals surface area (Å²) in [4.78, 5) is 4.03. The van der Waals surface area contributed by atoms with Gasteiger partial charge in [-0.15, -0.1) is 0 Å². The summed E-state index contributed by atoms with van der Waals surface area (Å²) in [5.41, 5.74) is 0.326. The molecular formula is C12H8BrClFNO2. The Balaban J connectivity index is 2.28. The van der Waals surface area contributed by atoms with Gasteiger partial charge in [-0.1, -0.05) is 11.6 Å². The van der Waals surface area contributed by atoms with E-state index < -0.39 is 0 Å². The van der Waals surface area contributed by atoms with Gasteiger partial charge in [-0.3, -0.25) is 0 Å². The molecule has 3 nitrogen and oxygen atoms in total. The van der Waals surface area contributed by atoms with Crippen LogP contribution in [0.25, 0.3) is 0 Å². The van der Waals surface area contributed by atoms with Crippen molar-refractivity contribution in [1.29, 1.82) is 0 Å². The number of hydrogen-bond acceptors (Lipinski definition) is 3. The summed E-state index contributed by atoms with van der Waals surface area (Å²) in [5.74, 6) is 0.334. The zero-order valence-corrected chi connectivity index (χ0v) is 11.4. The predicted octanol–water partition coefficient (Wildman–Crippen LogP) is 3.92. The van der Waals surface area contributed by atoms with E-state index in [4.69, 9.17) is 21.4 Å². The summed E-state index contributed by atoms with van der Waals surface area (Å²) >= 11 is 9.00. The minimum Gasteiger partial charge on any atom is -0.438 e.